The molecule has 0 unspecified atom stereocenters. The minimum absolute atomic E-state index is 0.0292. The Labute approximate surface area is 153 Å². The highest BCUT2D eigenvalue weighted by molar-refractivity contribution is 6.02. The second-order valence-electron chi connectivity index (χ2n) is 5.42. The van der Waals surface area contributed by atoms with Crippen molar-refractivity contribution in [3.63, 3.8) is 0 Å². The van der Waals surface area contributed by atoms with Crippen molar-refractivity contribution in [3.8, 4) is 11.8 Å². The van der Waals surface area contributed by atoms with Crippen molar-refractivity contribution in [3.05, 3.63) is 59.7 Å². The van der Waals surface area contributed by atoms with E-state index < -0.39 is 29.4 Å². The molecule has 0 spiro atoms. The number of rotatable bonds is 4. The highest BCUT2D eigenvalue weighted by atomic mass is 19.4. The van der Waals surface area contributed by atoms with E-state index in [2.05, 4.69) is 20.4 Å². The van der Waals surface area contributed by atoms with Crippen LogP contribution in [0, 0.1) is 11.6 Å². The van der Waals surface area contributed by atoms with Crippen LogP contribution in [0.4, 0.5) is 27.6 Å². The van der Waals surface area contributed by atoms with Crippen LogP contribution in [0.5, 0.6) is 11.8 Å². The van der Waals surface area contributed by atoms with Crippen molar-refractivity contribution >= 4 is 11.6 Å². The summed E-state index contributed by atoms with van der Waals surface area (Å²) in [6.07, 6.45) is -2.52. The van der Waals surface area contributed by atoms with Crippen LogP contribution >= 0.6 is 0 Å². The summed E-state index contributed by atoms with van der Waals surface area (Å²) in [5.74, 6) is -3.60. The van der Waals surface area contributed by atoms with Crippen LogP contribution in [0.25, 0.3) is 0 Å². The molecule has 1 aromatic carbocycles. The minimum atomic E-state index is -4.66. The summed E-state index contributed by atoms with van der Waals surface area (Å²) in [6, 6.07) is 3.40. The molecule has 0 saturated heterocycles. The molecule has 0 aliphatic rings. The monoisotopic (exact) mass is 399 g/mol. The number of nitrogens with one attached hydrogen (secondary N) is 1. The number of amides is 1. The molecule has 0 radical (unpaired) electrons. The zero-order valence-electron chi connectivity index (χ0n) is 14.0. The van der Waals surface area contributed by atoms with Gasteiger partial charge in [-0.2, -0.15) is 18.3 Å². The first-order valence-corrected chi connectivity index (χ1v) is 7.51. The molecule has 0 atom stereocenters. The van der Waals surface area contributed by atoms with Gasteiger partial charge >= 0.3 is 6.18 Å². The Kier molecular flexibility index (Phi) is 4.94. The maximum absolute atomic E-state index is 13.2. The Balaban J connectivity index is 1.77. The quantitative estimate of drug-likeness (QED) is 0.679. The largest absolute Gasteiger partial charge is 0.435 e. The Morgan fingerprint density at radius 2 is 1.89 bits per heavy atom. The van der Waals surface area contributed by atoms with Gasteiger partial charge in [-0.3, -0.25) is 9.78 Å². The van der Waals surface area contributed by atoms with Crippen molar-refractivity contribution in [2.75, 3.05) is 5.32 Å². The van der Waals surface area contributed by atoms with Gasteiger partial charge in [-0.15, -0.1) is 0 Å². The van der Waals surface area contributed by atoms with Crippen molar-refractivity contribution in [1.29, 1.82) is 0 Å². The second-order valence-corrected chi connectivity index (χ2v) is 5.42. The van der Waals surface area contributed by atoms with Crippen LogP contribution < -0.4 is 10.1 Å². The predicted molar refractivity (Wildman–Crippen MR) is 84.6 cm³/mol. The van der Waals surface area contributed by atoms with E-state index in [1.807, 2.05) is 0 Å². The average Bonchev–Trinajstić information content (AvgIpc) is 2.99. The first-order chi connectivity index (χ1) is 13.1. The van der Waals surface area contributed by atoms with Gasteiger partial charge < -0.3 is 10.1 Å². The molecule has 7 nitrogen and oxygen atoms in total. The van der Waals surface area contributed by atoms with Crippen LogP contribution in [-0.4, -0.2) is 25.7 Å². The molecule has 0 aliphatic heterocycles. The molecular formula is C16H10F5N5O2. The van der Waals surface area contributed by atoms with E-state index in [4.69, 9.17) is 4.74 Å². The number of nitrogens with zero attached hydrogens (tertiary/aromatic N) is 4. The summed E-state index contributed by atoms with van der Waals surface area (Å²) in [5.41, 5.74) is -1.45. The summed E-state index contributed by atoms with van der Waals surface area (Å²) in [5, 5.41) is 5.56. The standard InChI is InChI=1S/C16H10F5N5O2/c1-26-14(5-12(25-26)16(19,20)21)28-13-7-22-6-11(24-13)15(27)23-8-2-3-9(17)10(18)4-8/h2-7H,1H3,(H,23,27). The minimum Gasteiger partial charge on any atom is -0.419 e. The molecule has 0 bridgehead atoms. The summed E-state index contributed by atoms with van der Waals surface area (Å²) < 4.78 is 70.2. The summed E-state index contributed by atoms with van der Waals surface area (Å²) in [6.45, 7) is 0. The fourth-order valence-electron chi connectivity index (χ4n) is 2.07. The van der Waals surface area contributed by atoms with E-state index in [9.17, 15) is 26.7 Å². The SMILES string of the molecule is Cn1nc(C(F)(F)F)cc1Oc1cncc(C(=O)Nc2ccc(F)c(F)c2)n1. The van der Waals surface area contributed by atoms with Gasteiger partial charge in [0.05, 0.1) is 12.4 Å². The number of carbonyl (C=O) groups excluding carboxylic acids is 1. The van der Waals surface area contributed by atoms with Crippen LogP contribution in [-0.2, 0) is 13.2 Å². The third kappa shape index (κ3) is 4.22. The molecular weight excluding hydrogens is 389 g/mol. The van der Waals surface area contributed by atoms with Gasteiger partial charge in [0.15, 0.2) is 23.0 Å². The zero-order valence-corrected chi connectivity index (χ0v) is 14.0. The van der Waals surface area contributed by atoms with Gasteiger partial charge in [-0.05, 0) is 12.1 Å². The number of halogens is 5. The van der Waals surface area contributed by atoms with Gasteiger partial charge in [0.1, 0.15) is 0 Å². The lowest BCUT2D eigenvalue weighted by Gasteiger charge is -2.07. The van der Waals surface area contributed by atoms with E-state index in [1.165, 1.54) is 7.05 Å². The summed E-state index contributed by atoms with van der Waals surface area (Å²) in [4.78, 5) is 19.7. The number of carbonyl (C=O) groups is 1. The molecule has 2 heterocycles. The van der Waals surface area contributed by atoms with E-state index in [1.54, 1.807) is 0 Å². The first kappa shape index (κ1) is 19.2. The molecule has 0 fully saturated rings. The Bertz CT molecular complexity index is 1030. The van der Waals surface area contributed by atoms with Crippen LogP contribution in [0.15, 0.2) is 36.7 Å². The zero-order chi connectivity index (χ0) is 20.5. The topological polar surface area (TPSA) is 81.9 Å². The van der Waals surface area contributed by atoms with Crippen LogP contribution in [0.1, 0.15) is 16.2 Å². The van der Waals surface area contributed by atoms with Gasteiger partial charge in [0, 0.05) is 24.9 Å². The normalized spacial score (nSPS) is 11.4. The van der Waals surface area contributed by atoms with Gasteiger partial charge in [0.25, 0.3) is 5.91 Å². The van der Waals surface area contributed by atoms with Crippen LogP contribution in [0.2, 0.25) is 0 Å². The maximum Gasteiger partial charge on any atom is 0.435 e. The number of aromatic nitrogens is 4. The number of hydrogen-bond donors (Lipinski definition) is 1. The second kappa shape index (κ2) is 7.21. The average molecular weight is 399 g/mol. The lowest BCUT2D eigenvalue weighted by molar-refractivity contribution is -0.141. The molecule has 0 saturated carbocycles. The fourth-order valence-corrected chi connectivity index (χ4v) is 2.07. The number of hydrogen-bond acceptors (Lipinski definition) is 5. The smallest absolute Gasteiger partial charge is 0.419 e. The molecule has 3 aromatic rings. The maximum atomic E-state index is 13.2. The lowest BCUT2D eigenvalue weighted by atomic mass is 10.3. The molecule has 12 heteroatoms. The van der Waals surface area contributed by atoms with Crippen molar-refractivity contribution in [2.24, 2.45) is 7.05 Å². The third-order valence-corrected chi connectivity index (χ3v) is 3.36. The lowest BCUT2D eigenvalue weighted by Crippen LogP contribution is -2.14. The Morgan fingerprint density at radius 1 is 1.14 bits per heavy atom. The Morgan fingerprint density at radius 3 is 2.54 bits per heavy atom. The van der Waals surface area contributed by atoms with Crippen molar-refractivity contribution in [1.82, 2.24) is 19.7 Å². The molecule has 0 aliphatic carbocycles. The van der Waals surface area contributed by atoms with Gasteiger partial charge in [0.2, 0.25) is 11.8 Å². The highest BCUT2D eigenvalue weighted by Gasteiger charge is 2.35. The highest BCUT2D eigenvalue weighted by Crippen LogP contribution is 2.31. The molecule has 146 valence electrons. The van der Waals surface area contributed by atoms with E-state index in [0.29, 0.717) is 6.07 Å². The number of aryl methyl sites for hydroxylation is 1. The number of benzene rings is 1. The van der Waals surface area contributed by atoms with Crippen LogP contribution in [0.3, 0.4) is 0 Å². The Hall–Kier alpha value is -3.57. The van der Waals surface area contributed by atoms with Gasteiger partial charge in [-0.1, -0.05) is 0 Å². The summed E-state index contributed by atoms with van der Waals surface area (Å²) in [7, 11) is 1.23. The number of alkyl halides is 3. The third-order valence-electron chi connectivity index (χ3n) is 3.36. The van der Waals surface area contributed by atoms with Crippen molar-refractivity contribution in [2.45, 2.75) is 6.18 Å². The molecule has 1 N–H and O–H groups in total. The predicted octanol–water partition coefficient (Wildman–Crippen LogP) is 3.55. The molecule has 2 aromatic heterocycles. The fraction of sp³-hybridized carbons (Fsp3) is 0.125. The molecule has 28 heavy (non-hydrogen) atoms. The number of anilines is 1. The van der Waals surface area contributed by atoms with E-state index in [-0.39, 0.29) is 23.1 Å². The van der Waals surface area contributed by atoms with Crippen molar-refractivity contribution < 1.29 is 31.5 Å². The molecule has 3 rings (SSSR count). The first-order valence-electron chi connectivity index (χ1n) is 7.51. The van der Waals surface area contributed by atoms with E-state index in [0.717, 1.165) is 35.3 Å². The molecule has 1 amide bonds. The van der Waals surface area contributed by atoms with Gasteiger partial charge in [-0.25, -0.2) is 18.4 Å². The number of ether oxygens (including phenoxy) is 1. The van der Waals surface area contributed by atoms with E-state index >= 15 is 0 Å². The summed E-state index contributed by atoms with van der Waals surface area (Å²) >= 11 is 0.